The molecule has 3 rings (SSSR count). The Morgan fingerprint density at radius 2 is 2.00 bits per heavy atom. The van der Waals surface area contributed by atoms with Crippen LogP contribution in [0.2, 0.25) is 0 Å². The van der Waals surface area contributed by atoms with Gasteiger partial charge in [0.2, 0.25) is 0 Å². The quantitative estimate of drug-likeness (QED) is 0.893. The minimum atomic E-state index is -0.537. The molecule has 5 nitrogen and oxygen atoms in total. The molecule has 1 aliphatic heterocycles. The van der Waals surface area contributed by atoms with Crippen LogP contribution >= 0.6 is 12.4 Å². The van der Waals surface area contributed by atoms with E-state index in [1.165, 1.54) is 12.1 Å². The van der Waals surface area contributed by atoms with E-state index in [2.05, 4.69) is 20.5 Å². The Morgan fingerprint density at radius 3 is 2.67 bits per heavy atom. The molecule has 0 aliphatic carbocycles. The van der Waals surface area contributed by atoms with Gasteiger partial charge >= 0.3 is 0 Å². The van der Waals surface area contributed by atoms with E-state index in [-0.39, 0.29) is 18.0 Å². The van der Waals surface area contributed by atoms with E-state index >= 15 is 0 Å². The number of nitrogens with one attached hydrogen (secondary N) is 2. The number of carbonyl (C=O) groups is 1. The van der Waals surface area contributed by atoms with Gasteiger partial charge in [-0.05, 0) is 31.2 Å². The summed E-state index contributed by atoms with van der Waals surface area (Å²) >= 11 is 0. The number of piperazine rings is 1. The molecule has 0 bridgehead atoms. The van der Waals surface area contributed by atoms with Gasteiger partial charge in [-0.2, -0.15) is 0 Å². The van der Waals surface area contributed by atoms with E-state index in [9.17, 15) is 9.18 Å². The highest BCUT2D eigenvalue weighted by molar-refractivity contribution is 6.04. The second-order valence-electron chi connectivity index (χ2n) is 5.58. The first-order chi connectivity index (χ1) is 11.1. The van der Waals surface area contributed by atoms with Crippen molar-refractivity contribution in [2.45, 2.75) is 6.92 Å². The van der Waals surface area contributed by atoms with Crippen LogP contribution in [0.5, 0.6) is 0 Å². The molecule has 24 heavy (non-hydrogen) atoms. The summed E-state index contributed by atoms with van der Waals surface area (Å²) in [5.74, 6) is -0.617. The molecule has 128 valence electrons. The predicted molar refractivity (Wildman–Crippen MR) is 95.7 cm³/mol. The molecule has 0 saturated carbocycles. The van der Waals surface area contributed by atoms with Crippen molar-refractivity contribution in [2.75, 3.05) is 36.4 Å². The van der Waals surface area contributed by atoms with Gasteiger partial charge < -0.3 is 15.5 Å². The number of anilines is 2. The lowest BCUT2D eigenvalue weighted by Crippen LogP contribution is -2.43. The average Bonchev–Trinajstić information content (AvgIpc) is 2.58. The molecule has 1 aromatic heterocycles. The van der Waals surface area contributed by atoms with Crippen molar-refractivity contribution < 1.29 is 9.18 Å². The Labute approximate surface area is 146 Å². The number of aryl methyl sites for hydroxylation is 1. The number of pyridine rings is 1. The fourth-order valence-electron chi connectivity index (χ4n) is 2.57. The summed E-state index contributed by atoms with van der Waals surface area (Å²) in [7, 11) is 0. The number of benzene rings is 1. The molecule has 2 N–H and O–H groups in total. The van der Waals surface area contributed by atoms with E-state index in [1.807, 2.05) is 13.0 Å². The summed E-state index contributed by atoms with van der Waals surface area (Å²) in [6.45, 7) is 5.58. The van der Waals surface area contributed by atoms with Crippen LogP contribution in [0, 0.1) is 12.7 Å². The predicted octanol–water partition coefficient (Wildman–Crippen LogP) is 2.61. The maximum atomic E-state index is 13.7. The van der Waals surface area contributed by atoms with Crippen molar-refractivity contribution in [3.8, 4) is 0 Å². The molecule has 1 fully saturated rings. The molecule has 1 aromatic carbocycles. The summed E-state index contributed by atoms with van der Waals surface area (Å²) in [6.07, 6.45) is 1.73. The topological polar surface area (TPSA) is 57.3 Å². The third kappa shape index (κ3) is 4.21. The van der Waals surface area contributed by atoms with Crippen LogP contribution in [-0.2, 0) is 0 Å². The highest BCUT2D eigenvalue weighted by Gasteiger charge is 2.14. The van der Waals surface area contributed by atoms with Gasteiger partial charge in [0.15, 0.2) is 0 Å². The number of halogens is 2. The molecular formula is C17H20ClFN4O. The molecule has 1 amide bonds. The molecular weight excluding hydrogens is 331 g/mol. The number of nitrogens with zero attached hydrogens (tertiary/aromatic N) is 2. The first kappa shape index (κ1) is 18.2. The summed E-state index contributed by atoms with van der Waals surface area (Å²) in [6, 6.07) is 8.11. The van der Waals surface area contributed by atoms with E-state index in [1.54, 1.807) is 18.3 Å². The Morgan fingerprint density at radius 1 is 1.25 bits per heavy atom. The minimum absolute atomic E-state index is 0. The second-order valence-corrected chi connectivity index (χ2v) is 5.58. The highest BCUT2D eigenvalue weighted by Crippen LogP contribution is 2.17. The number of hydrogen-bond acceptors (Lipinski definition) is 4. The van der Waals surface area contributed by atoms with Crippen LogP contribution in [0.4, 0.5) is 15.9 Å². The highest BCUT2D eigenvalue weighted by atomic mass is 35.5. The van der Waals surface area contributed by atoms with E-state index < -0.39 is 11.7 Å². The van der Waals surface area contributed by atoms with Crippen molar-refractivity contribution in [3.63, 3.8) is 0 Å². The zero-order valence-corrected chi connectivity index (χ0v) is 14.2. The van der Waals surface area contributed by atoms with Crippen LogP contribution in [-0.4, -0.2) is 37.1 Å². The Bertz CT molecular complexity index is 702. The van der Waals surface area contributed by atoms with E-state index in [4.69, 9.17) is 0 Å². The van der Waals surface area contributed by atoms with Crippen molar-refractivity contribution in [2.24, 2.45) is 0 Å². The average molecular weight is 351 g/mol. The maximum Gasteiger partial charge on any atom is 0.259 e. The molecule has 0 unspecified atom stereocenters. The van der Waals surface area contributed by atoms with Crippen LogP contribution < -0.4 is 15.5 Å². The third-order valence-corrected chi connectivity index (χ3v) is 3.84. The number of hydrogen-bond donors (Lipinski definition) is 2. The van der Waals surface area contributed by atoms with Gasteiger partial charge in [0.1, 0.15) is 11.6 Å². The van der Waals surface area contributed by atoms with Crippen molar-refractivity contribution >= 4 is 29.8 Å². The van der Waals surface area contributed by atoms with Crippen LogP contribution in [0.25, 0.3) is 0 Å². The van der Waals surface area contributed by atoms with E-state index in [0.29, 0.717) is 5.82 Å². The molecule has 0 atom stereocenters. The molecule has 7 heteroatoms. The van der Waals surface area contributed by atoms with Gasteiger partial charge in [-0.3, -0.25) is 4.79 Å². The molecule has 0 spiro atoms. The normalized spacial score (nSPS) is 14.0. The van der Waals surface area contributed by atoms with E-state index in [0.717, 1.165) is 37.4 Å². The SMILES string of the molecule is Cc1ccc(F)c(C(=O)Nc2ccc(N3CCNCC3)cn2)c1.Cl. The first-order valence-corrected chi connectivity index (χ1v) is 7.63. The fraction of sp³-hybridized carbons (Fsp3) is 0.294. The van der Waals surface area contributed by atoms with Crippen LogP contribution in [0.3, 0.4) is 0 Å². The number of amides is 1. The summed E-state index contributed by atoms with van der Waals surface area (Å²) in [4.78, 5) is 18.7. The van der Waals surface area contributed by atoms with Crippen molar-refractivity contribution in [1.29, 1.82) is 0 Å². The first-order valence-electron chi connectivity index (χ1n) is 7.63. The Kier molecular flexibility index (Phi) is 6.11. The number of aromatic nitrogens is 1. The van der Waals surface area contributed by atoms with Gasteiger partial charge in [-0.15, -0.1) is 12.4 Å². The summed E-state index contributed by atoms with van der Waals surface area (Å²) in [5, 5.41) is 5.93. The lowest BCUT2D eigenvalue weighted by molar-refractivity contribution is 0.102. The second kappa shape index (κ2) is 8.08. The van der Waals surface area contributed by atoms with Gasteiger partial charge in [-0.1, -0.05) is 11.6 Å². The number of carbonyl (C=O) groups excluding carboxylic acids is 1. The summed E-state index contributed by atoms with van der Waals surface area (Å²) < 4.78 is 13.7. The van der Waals surface area contributed by atoms with Gasteiger partial charge in [0.05, 0.1) is 17.4 Å². The maximum absolute atomic E-state index is 13.7. The molecule has 2 aromatic rings. The minimum Gasteiger partial charge on any atom is -0.368 e. The fourth-order valence-corrected chi connectivity index (χ4v) is 2.57. The standard InChI is InChI=1S/C17H19FN4O.ClH/c1-12-2-4-15(18)14(10-12)17(23)21-16-5-3-13(11-20-16)22-8-6-19-7-9-22;/h2-5,10-11,19H,6-9H2,1H3,(H,20,21,23);1H. The monoisotopic (exact) mass is 350 g/mol. The van der Waals surface area contributed by atoms with Crippen molar-refractivity contribution in [1.82, 2.24) is 10.3 Å². The smallest absolute Gasteiger partial charge is 0.259 e. The number of rotatable bonds is 3. The molecule has 1 aliphatic rings. The van der Waals surface area contributed by atoms with Gasteiger partial charge in [0, 0.05) is 26.2 Å². The molecule has 0 radical (unpaired) electrons. The lowest BCUT2D eigenvalue weighted by Gasteiger charge is -2.29. The molecule has 2 heterocycles. The summed E-state index contributed by atoms with van der Waals surface area (Å²) in [5.41, 5.74) is 1.88. The van der Waals surface area contributed by atoms with Gasteiger partial charge in [-0.25, -0.2) is 9.37 Å². The van der Waals surface area contributed by atoms with Crippen LogP contribution in [0.1, 0.15) is 15.9 Å². The Balaban J connectivity index is 0.00000208. The van der Waals surface area contributed by atoms with Crippen LogP contribution in [0.15, 0.2) is 36.5 Å². The zero-order valence-electron chi connectivity index (χ0n) is 13.4. The third-order valence-electron chi connectivity index (χ3n) is 3.84. The lowest BCUT2D eigenvalue weighted by atomic mass is 10.1. The largest absolute Gasteiger partial charge is 0.368 e. The molecule has 1 saturated heterocycles. The zero-order chi connectivity index (χ0) is 16.2. The van der Waals surface area contributed by atoms with Gasteiger partial charge in [0.25, 0.3) is 5.91 Å². The van der Waals surface area contributed by atoms with Crippen molar-refractivity contribution in [3.05, 3.63) is 53.5 Å². The Hall–Kier alpha value is -2.18.